The second kappa shape index (κ2) is 10.6. The summed E-state index contributed by atoms with van der Waals surface area (Å²) >= 11 is 0. The Bertz CT molecular complexity index is 1770. The highest BCUT2D eigenvalue weighted by Gasteiger charge is 2.21. The van der Waals surface area contributed by atoms with Gasteiger partial charge in [-0.3, -0.25) is 14.0 Å². The second-order valence-corrected chi connectivity index (χ2v) is 8.23. The maximum atomic E-state index is 13.4. The van der Waals surface area contributed by atoms with E-state index < -0.39 is 11.9 Å². The SMILES string of the molecule is CCOC(=O)c1cc2c(=O)n3ccccc3nc2n(Cc2ccco2)c1=NC(=O)c1ccc(OCC)cc1. The molecule has 0 radical (unpaired) electrons. The van der Waals surface area contributed by atoms with Crippen LogP contribution in [0.5, 0.6) is 5.75 Å². The summed E-state index contributed by atoms with van der Waals surface area (Å²) in [6.45, 7) is 4.18. The Morgan fingerprint density at radius 2 is 1.84 bits per heavy atom. The second-order valence-electron chi connectivity index (χ2n) is 8.23. The maximum absolute atomic E-state index is 13.4. The van der Waals surface area contributed by atoms with Crippen molar-refractivity contribution in [1.82, 2.24) is 14.0 Å². The molecular weight excluding hydrogens is 488 g/mol. The van der Waals surface area contributed by atoms with E-state index in [0.29, 0.717) is 29.3 Å². The van der Waals surface area contributed by atoms with E-state index in [4.69, 9.17) is 13.9 Å². The van der Waals surface area contributed by atoms with Crippen molar-refractivity contribution in [2.24, 2.45) is 4.99 Å². The third-order valence-corrected chi connectivity index (χ3v) is 5.80. The predicted molar refractivity (Wildman–Crippen MR) is 138 cm³/mol. The van der Waals surface area contributed by atoms with Crippen molar-refractivity contribution in [2.75, 3.05) is 13.2 Å². The number of hydrogen-bond acceptors (Lipinski definition) is 7. The molecule has 0 atom stereocenters. The van der Waals surface area contributed by atoms with Crippen LogP contribution in [0.1, 0.15) is 40.3 Å². The van der Waals surface area contributed by atoms with Gasteiger partial charge >= 0.3 is 5.97 Å². The van der Waals surface area contributed by atoms with Gasteiger partial charge in [0.25, 0.3) is 11.5 Å². The van der Waals surface area contributed by atoms with Crippen LogP contribution in [-0.4, -0.2) is 39.0 Å². The number of fused-ring (bicyclic) bond motifs is 2. The smallest absolute Gasteiger partial charge is 0.341 e. The van der Waals surface area contributed by atoms with Crippen LogP contribution in [0.4, 0.5) is 0 Å². The zero-order valence-electron chi connectivity index (χ0n) is 20.8. The van der Waals surface area contributed by atoms with Gasteiger partial charge in [-0.2, -0.15) is 4.99 Å². The molecule has 5 aromatic rings. The Labute approximate surface area is 216 Å². The van der Waals surface area contributed by atoms with Crippen molar-refractivity contribution in [1.29, 1.82) is 0 Å². The molecule has 0 aliphatic heterocycles. The number of carbonyl (C=O) groups excluding carboxylic acids is 2. The Balaban J connectivity index is 1.82. The standard InChI is InChI=1S/C28H24N4O6/c1-3-36-19-12-10-18(11-13-19)26(33)30-25-22(28(35)37-4-2)16-21-24(32(25)17-20-8-7-15-38-20)29-23-9-5-6-14-31(23)27(21)34/h5-16H,3-4,17H2,1-2H3. The van der Waals surface area contributed by atoms with Gasteiger partial charge in [-0.05, 0) is 68.4 Å². The minimum atomic E-state index is -0.724. The van der Waals surface area contributed by atoms with Gasteiger partial charge in [0.15, 0.2) is 5.49 Å². The molecule has 0 saturated carbocycles. The average Bonchev–Trinajstić information content (AvgIpc) is 3.44. The molecule has 10 nitrogen and oxygen atoms in total. The van der Waals surface area contributed by atoms with Crippen LogP contribution in [0.3, 0.4) is 0 Å². The fourth-order valence-corrected chi connectivity index (χ4v) is 4.09. The fraction of sp³-hybridized carbons (Fsp3) is 0.179. The third kappa shape index (κ3) is 4.71. The van der Waals surface area contributed by atoms with Gasteiger partial charge in [0.1, 0.15) is 28.4 Å². The zero-order chi connectivity index (χ0) is 26.6. The molecule has 4 aromatic heterocycles. The van der Waals surface area contributed by atoms with Crippen LogP contribution < -0.4 is 15.8 Å². The molecule has 0 bridgehead atoms. The van der Waals surface area contributed by atoms with Gasteiger partial charge < -0.3 is 18.5 Å². The van der Waals surface area contributed by atoms with Gasteiger partial charge in [0, 0.05) is 11.8 Å². The van der Waals surface area contributed by atoms with Crippen molar-refractivity contribution in [2.45, 2.75) is 20.4 Å². The molecule has 5 rings (SSSR count). The molecule has 0 saturated heterocycles. The summed E-state index contributed by atoms with van der Waals surface area (Å²) in [5.74, 6) is -0.189. The molecule has 1 amide bonds. The van der Waals surface area contributed by atoms with Crippen molar-refractivity contribution in [3.05, 3.63) is 106 Å². The van der Waals surface area contributed by atoms with E-state index in [0.717, 1.165) is 0 Å². The summed E-state index contributed by atoms with van der Waals surface area (Å²) in [6, 6.07) is 16.5. The van der Waals surface area contributed by atoms with E-state index in [2.05, 4.69) is 9.98 Å². The number of amides is 1. The van der Waals surface area contributed by atoms with E-state index in [1.165, 1.54) is 21.3 Å². The molecule has 0 aliphatic carbocycles. The highest BCUT2D eigenvalue weighted by atomic mass is 16.5. The summed E-state index contributed by atoms with van der Waals surface area (Å²) in [6.07, 6.45) is 3.10. The van der Waals surface area contributed by atoms with E-state index in [-0.39, 0.29) is 40.8 Å². The van der Waals surface area contributed by atoms with E-state index >= 15 is 0 Å². The first kappa shape index (κ1) is 24.7. The van der Waals surface area contributed by atoms with Crippen LogP contribution in [0.25, 0.3) is 16.7 Å². The number of hydrogen-bond donors (Lipinski definition) is 0. The number of carbonyl (C=O) groups is 2. The summed E-state index contributed by atoms with van der Waals surface area (Å²) < 4.78 is 19.2. The molecule has 1 aromatic carbocycles. The summed E-state index contributed by atoms with van der Waals surface area (Å²) in [5, 5.41) is 0.163. The number of benzene rings is 1. The van der Waals surface area contributed by atoms with Crippen molar-refractivity contribution in [3.63, 3.8) is 0 Å². The number of furan rings is 1. The third-order valence-electron chi connectivity index (χ3n) is 5.80. The minimum Gasteiger partial charge on any atom is -0.494 e. The maximum Gasteiger partial charge on any atom is 0.341 e. The minimum absolute atomic E-state index is 0.00147. The molecule has 0 aliphatic rings. The number of aromatic nitrogens is 3. The van der Waals surface area contributed by atoms with Crippen LogP contribution in [-0.2, 0) is 11.3 Å². The van der Waals surface area contributed by atoms with E-state index in [1.54, 1.807) is 67.7 Å². The predicted octanol–water partition coefficient (Wildman–Crippen LogP) is 3.61. The van der Waals surface area contributed by atoms with Crippen LogP contribution >= 0.6 is 0 Å². The van der Waals surface area contributed by atoms with Gasteiger partial charge in [0.2, 0.25) is 0 Å². The first-order valence-corrected chi connectivity index (χ1v) is 12.1. The van der Waals surface area contributed by atoms with Gasteiger partial charge in [0.05, 0.1) is 31.4 Å². The molecule has 0 fully saturated rings. The molecule has 0 unspecified atom stereocenters. The molecule has 10 heteroatoms. The number of nitrogens with zero attached hydrogens (tertiary/aromatic N) is 4. The molecule has 192 valence electrons. The molecular formula is C28H24N4O6. The average molecular weight is 513 g/mol. The number of ether oxygens (including phenoxy) is 2. The van der Waals surface area contributed by atoms with Crippen molar-refractivity contribution >= 4 is 28.6 Å². The lowest BCUT2D eigenvalue weighted by Crippen LogP contribution is -2.33. The Hall–Kier alpha value is -4.99. The molecule has 0 spiro atoms. The van der Waals surface area contributed by atoms with E-state index in [9.17, 15) is 14.4 Å². The monoisotopic (exact) mass is 512 g/mol. The highest BCUT2D eigenvalue weighted by Crippen LogP contribution is 2.15. The lowest BCUT2D eigenvalue weighted by atomic mass is 10.2. The Morgan fingerprint density at radius 3 is 2.55 bits per heavy atom. The fourth-order valence-electron chi connectivity index (χ4n) is 4.09. The summed E-state index contributed by atoms with van der Waals surface area (Å²) in [5.41, 5.74) is 0.501. The van der Waals surface area contributed by atoms with Gasteiger partial charge in [-0.25, -0.2) is 9.78 Å². The number of rotatable bonds is 7. The van der Waals surface area contributed by atoms with Gasteiger partial charge in [-0.1, -0.05) is 6.07 Å². The lowest BCUT2D eigenvalue weighted by molar-refractivity contribution is 0.0523. The quantitative estimate of drug-likeness (QED) is 0.242. The normalized spacial score (nSPS) is 11.7. The zero-order valence-corrected chi connectivity index (χ0v) is 20.8. The highest BCUT2D eigenvalue weighted by molar-refractivity contribution is 5.97. The van der Waals surface area contributed by atoms with Crippen LogP contribution in [0.15, 0.2) is 87.3 Å². The lowest BCUT2D eigenvalue weighted by Gasteiger charge is -2.14. The Morgan fingerprint density at radius 1 is 1.03 bits per heavy atom. The molecule has 38 heavy (non-hydrogen) atoms. The van der Waals surface area contributed by atoms with Crippen LogP contribution in [0, 0.1) is 0 Å². The summed E-state index contributed by atoms with van der Waals surface area (Å²) in [7, 11) is 0. The van der Waals surface area contributed by atoms with Crippen molar-refractivity contribution < 1.29 is 23.5 Å². The van der Waals surface area contributed by atoms with Crippen LogP contribution in [0.2, 0.25) is 0 Å². The largest absolute Gasteiger partial charge is 0.494 e. The number of esters is 1. The van der Waals surface area contributed by atoms with E-state index in [1.807, 2.05) is 6.92 Å². The number of pyridine rings is 2. The molecule has 0 N–H and O–H groups in total. The van der Waals surface area contributed by atoms with Crippen molar-refractivity contribution in [3.8, 4) is 5.75 Å². The topological polar surface area (TPSA) is 117 Å². The Kier molecular flexibility index (Phi) is 6.86. The first-order chi connectivity index (χ1) is 18.5. The molecule has 4 heterocycles. The summed E-state index contributed by atoms with van der Waals surface area (Å²) in [4.78, 5) is 48.9. The first-order valence-electron chi connectivity index (χ1n) is 12.1. The van der Waals surface area contributed by atoms with Gasteiger partial charge in [-0.15, -0.1) is 0 Å².